The Morgan fingerprint density at radius 1 is 1.17 bits per heavy atom. The molecule has 0 radical (unpaired) electrons. The van der Waals surface area contributed by atoms with Gasteiger partial charge in [-0.1, -0.05) is 39.7 Å². The second kappa shape index (κ2) is 5.67. The number of halogens is 4. The van der Waals surface area contributed by atoms with Gasteiger partial charge < -0.3 is 4.74 Å². The summed E-state index contributed by atoms with van der Waals surface area (Å²) in [4.78, 5) is 0. The minimum absolute atomic E-state index is 0.0784. The summed E-state index contributed by atoms with van der Waals surface area (Å²) in [5, 5.41) is 0.404. The molecule has 0 aliphatic heterocycles. The Morgan fingerprint density at radius 3 is 2.67 bits per heavy atom. The van der Waals surface area contributed by atoms with E-state index in [1.54, 1.807) is 18.2 Å². The highest BCUT2D eigenvalue weighted by Gasteiger charge is 2.09. The lowest BCUT2D eigenvalue weighted by atomic mass is 10.2. The van der Waals surface area contributed by atoms with Crippen molar-refractivity contribution in [3.8, 4) is 5.75 Å². The summed E-state index contributed by atoms with van der Waals surface area (Å²) in [6.07, 6.45) is 0. The zero-order valence-corrected chi connectivity index (χ0v) is 11.4. The molecule has 18 heavy (non-hydrogen) atoms. The molecule has 0 spiro atoms. The fourth-order valence-electron chi connectivity index (χ4n) is 1.41. The van der Waals surface area contributed by atoms with Crippen molar-refractivity contribution in [2.24, 2.45) is 0 Å². The Morgan fingerprint density at radius 2 is 1.94 bits per heavy atom. The Kier molecular flexibility index (Phi) is 4.19. The SMILES string of the molecule is Fc1cccc(COc2ccc(Br)cc2Cl)c1F. The summed E-state index contributed by atoms with van der Waals surface area (Å²) < 4.78 is 32.5. The highest BCUT2D eigenvalue weighted by molar-refractivity contribution is 9.10. The zero-order valence-electron chi connectivity index (χ0n) is 9.09. The van der Waals surface area contributed by atoms with E-state index in [4.69, 9.17) is 16.3 Å². The topological polar surface area (TPSA) is 9.23 Å². The number of rotatable bonds is 3. The van der Waals surface area contributed by atoms with Gasteiger partial charge in [-0.15, -0.1) is 0 Å². The molecule has 2 aromatic rings. The summed E-state index contributed by atoms with van der Waals surface area (Å²) in [6.45, 7) is -0.0784. The van der Waals surface area contributed by atoms with Gasteiger partial charge in [0.1, 0.15) is 12.4 Å². The number of benzene rings is 2. The third kappa shape index (κ3) is 3.00. The van der Waals surface area contributed by atoms with Gasteiger partial charge in [0.25, 0.3) is 0 Å². The largest absolute Gasteiger partial charge is 0.487 e. The molecular formula is C13H8BrClF2O. The Labute approximate surface area is 116 Å². The molecule has 0 aromatic heterocycles. The van der Waals surface area contributed by atoms with Gasteiger partial charge in [0.2, 0.25) is 0 Å². The van der Waals surface area contributed by atoms with E-state index in [0.717, 1.165) is 10.5 Å². The normalized spacial score (nSPS) is 10.4. The first-order chi connectivity index (χ1) is 8.58. The first kappa shape index (κ1) is 13.3. The van der Waals surface area contributed by atoms with Gasteiger partial charge in [-0.2, -0.15) is 0 Å². The van der Waals surface area contributed by atoms with Crippen LogP contribution in [0.1, 0.15) is 5.56 Å². The molecule has 0 aliphatic rings. The van der Waals surface area contributed by atoms with E-state index in [0.29, 0.717) is 10.8 Å². The van der Waals surface area contributed by atoms with Crippen LogP contribution in [-0.4, -0.2) is 0 Å². The van der Waals surface area contributed by atoms with E-state index < -0.39 is 11.6 Å². The van der Waals surface area contributed by atoms with Crippen LogP contribution in [-0.2, 0) is 6.61 Å². The summed E-state index contributed by atoms with van der Waals surface area (Å²) in [5.41, 5.74) is 0.147. The minimum atomic E-state index is -0.897. The Hall–Kier alpha value is -1.13. The third-order valence-electron chi connectivity index (χ3n) is 2.31. The number of hydrogen-bond donors (Lipinski definition) is 0. The lowest BCUT2D eigenvalue weighted by Gasteiger charge is -2.09. The standard InChI is InChI=1S/C13H8BrClF2O/c14-9-4-5-12(10(15)6-9)18-7-8-2-1-3-11(16)13(8)17/h1-6H,7H2. The van der Waals surface area contributed by atoms with E-state index >= 15 is 0 Å². The van der Waals surface area contributed by atoms with Crippen LogP contribution in [0, 0.1) is 11.6 Å². The van der Waals surface area contributed by atoms with Gasteiger partial charge >= 0.3 is 0 Å². The molecule has 0 saturated heterocycles. The second-order valence-corrected chi connectivity index (χ2v) is 4.90. The molecule has 2 rings (SSSR count). The van der Waals surface area contributed by atoms with Crippen molar-refractivity contribution in [2.45, 2.75) is 6.61 Å². The smallest absolute Gasteiger partial charge is 0.165 e. The summed E-state index contributed by atoms with van der Waals surface area (Å²) in [7, 11) is 0. The predicted octanol–water partition coefficient (Wildman–Crippen LogP) is 4.96. The van der Waals surface area contributed by atoms with Gasteiger partial charge in [0, 0.05) is 10.0 Å². The van der Waals surface area contributed by atoms with Crippen LogP contribution >= 0.6 is 27.5 Å². The van der Waals surface area contributed by atoms with Crippen molar-refractivity contribution in [2.75, 3.05) is 0 Å². The Bertz CT molecular complexity index is 575. The number of hydrogen-bond acceptors (Lipinski definition) is 1. The van der Waals surface area contributed by atoms with Crippen LogP contribution in [0.25, 0.3) is 0 Å². The summed E-state index contributed by atoms with van der Waals surface area (Å²) in [6, 6.07) is 9.03. The minimum Gasteiger partial charge on any atom is -0.487 e. The highest BCUT2D eigenvalue weighted by Crippen LogP contribution is 2.28. The second-order valence-electron chi connectivity index (χ2n) is 3.58. The molecule has 0 heterocycles. The molecular weight excluding hydrogens is 325 g/mol. The maximum Gasteiger partial charge on any atom is 0.165 e. The van der Waals surface area contributed by atoms with E-state index in [1.165, 1.54) is 12.1 Å². The molecule has 5 heteroatoms. The molecule has 0 unspecified atom stereocenters. The zero-order chi connectivity index (χ0) is 13.1. The van der Waals surface area contributed by atoms with Crippen molar-refractivity contribution in [1.29, 1.82) is 0 Å². The maximum absolute atomic E-state index is 13.4. The molecule has 94 valence electrons. The summed E-state index contributed by atoms with van der Waals surface area (Å²) in [5.74, 6) is -1.37. The fourth-order valence-corrected chi connectivity index (χ4v) is 2.14. The lowest BCUT2D eigenvalue weighted by molar-refractivity contribution is 0.297. The molecule has 0 N–H and O–H groups in total. The molecule has 0 saturated carbocycles. The Balaban J connectivity index is 2.14. The van der Waals surface area contributed by atoms with Crippen LogP contribution in [0.4, 0.5) is 8.78 Å². The molecule has 0 amide bonds. The van der Waals surface area contributed by atoms with Crippen molar-refractivity contribution in [1.82, 2.24) is 0 Å². The fraction of sp³-hybridized carbons (Fsp3) is 0.0769. The van der Waals surface area contributed by atoms with Crippen molar-refractivity contribution >= 4 is 27.5 Å². The van der Waals surface area contributed by atoms with Gasteiger partial charge in [-0.25, -0.2) is 8.78 Å². The molecule has 0 aliphatic carbocycles. The van der Waals surface area contributed by atoms with E-state index in [1.807, 2.05) is 0 Å². The van der Waals surface area contributed by atoms with Crippen molar-refractivity contribution in [3.05, 3.63) is 63.1 Å². The molecule has 0 atom stereocenters. The summed E-state index contributed by atoms with van der Waals surface area (Å²) >= 11 is 9.21. The predicted molar refractivity (Wildman–Crippen MR) is 69.8 cm³/mol. The van der Waals surface area contributed by atoms with Crippen LogP contribution in [0.5, 0.6) is 5.75 Å². The first-order valence-electron chi connectivity index (χ1n) is 5.08. The quantitative estimate of drug-likeness (QED) is 0.771. The number of ether oxygens (including phenoxy) is 1. The average molecular weight is 334 g/mol. The van der Waals surface area contributed by atoms with Gasteiger partial charge in [-0.05, 0) is 24.3 Å². The lowest BCUT2D eigenvalue weighted by Crippen LogP contribution is -2.00. The molecule has 0 fully saturated rings. The van der Waals surface area contributed by atoms with Crippen molar-refractivity contribution < 1.29 is 13.5 Å². The van der Waals surface area contributed by atoms with E-state index in [9.17, 15) is 8.78 Å². The van der Waals surface area contributed by atoms with Gasteiger partial charge in [0.15, 0.2) is 11.6 Å². The highest BCUT2D eigenvalue weighted by atomic mass is 79.9. The molecule has 0 bridgehead atoms. The van der Waals surface area contributed by atoms with Crippen LogP contribution in [0.15, 0.2) is 40.9 Å². The average Bonchev–Trinajstić information content (AvgIpc) is 2.33. The van der Waals surface area contributed by atoms with Gasteiger partial charge in [0.05, 0.1) is 5.02 Å². The van der Waals surface area contributed by atoms with Crippen LogP contribution < -0.4 is 4.74 Å². The van der Waals surface area contributed by atoms with E-state index in [-0.39, 0.29) is 12.2 Å². The molecule has 1 nitrogen and oxygen atoms in total. The van der Waals surface area contributed by atoms with Crippen molar-refractivity contribution in [3.63, 3.8) is 0 Å². The molecule has 2 aromatic carbocycles. The monoisotopic (exact) mass is 332 g/mol. The van der Waals surface area contributed by atoms with Crippen LogP contribution in [0.2, 0.25) is 5.02 Å². The maximum atomic E-state index is 13.4. The van der Waals surface area contributed by atoms with Crippen LogP contribution in [0.3, 0.4) is 0 Å². The van der Waals surface area contributed by atoms with E-state index in [2.05, 4.69) is 15.9 Å². The first-order valence-corrected chi connectivity index (χ1v) is 6.26. The van der Waals surface area contributed by atoms with Gasteiger partial charge in [-0.3, -0.25) is 0 Å². The third-order valence-corrected chi connectivity index (χ3v) is 3.10.